The Morgan fingerprint density at radius 2 is 2.06 bits per heavy atom. The second-order valence-electron chi connectivity index (χ2n) is 6.05. The van der Waals surface area contributed by atoms with Crippen LogP contribution in [0.3, 0.4) is 0 Å². The molecular formula is C12H25N3O. The lowest BCUT2D eigenvalue weighted by Crippen LogP contribution is -2.46. The van der Waals surface area contributed by atoms with E-state index >= 15 is 0 Å². The Hall–Kier alpha value is -0.770. The van der Waals surface area contributed by atoms with Crippen LogP contribution < -0.4 is 5.73 Å². The number of urea groups is 1. The molecule has 1 saturated heterocycles. The Bertz CT molecular complexity index is 257. The normalized spacial score (nSPS) is 22.4. The Morgan fingerprint density at radius 1 is 1.50 bits per heavy atom. The molecule has 0 aromatic heterocycles. The second-order valence-corrected chi connectivity index (χ2v) is 6.05. The van der Waals surface area contributed by atoms with E-state index in [1.807, 2.05) is 30.7 Å². The number of carbonyl (C=O) groups excluding carboxylic acids is 1. The van der Waals surface area contributed by atoms with Crippen LogP contribution in [0, 0.1) is 5.92 Å². The maximum Gasteiger partial charge on any atom is 0.320 e. The highest BCUT2D eigenvalue weighted by Gasteiger charge is 2.36. The van der Waals surface area contributed by atoms with E-state index < -0.39 is 0 Å². The summed E-state index contributed by atoms with van der Waals surface area (Å²) in [5.74, 6) is 0.617. The summed E-state index contributed by atoms with van der Waals surface area (Å²) in [5, 5.41) is 0. The highest BCUT2D eigenvalue weighted by molar-refractivity contribution is 5.77. The minimum atomic E-state index is -0.316. The van der Waals surface area contributed by atoms with Gasteiger partial charge in [0.25, 0.3) is 0 Å². The summed E-state index contributed by atoms with van der Waals surface area (Å²) < 4.78 is 0. The Labute approximate surface area is 98.8 Å². The zero-order valence-electron chi connectivity index (χ0n) is 11.2. The van der Waals surface area contributed by atoms with Gasteiger partial charge in [-0.2, -0.15) is 0 Å². The number of hydrogen-bond donors (Lipinski definition) is 1. The minimum absolute atomic E-state index is 0.115. The van der Waals surface area contributed by atoms with Gasteiger partial charge in [-0.15, -0.1) is 0 Å². The van der Waals surface area contributed by atoms with Crippen LogP contribution in [0.25, 0.3) is 0 Å². The fraction of sp³-hybridized carbons (Fsp3) is 0.917. The van der Waals surface area contributed by atoms with Crippen molar-refractivity contribution in [1.29, 1.82) is 0 Å². The molecule has 2 N–H and O–H groups in total. The van der Waals surface area contributed by atoms with E-state index in [4.69, 9.17) is 5.73 Å². The first-order valence-corrected chi connectivity index (χ1v) is 6.01. The second kappa shape index (κ2) is 4.62. The van der Waals surface area contributed by atoms with Crippen molar-refractivity contribution >= 4 is 6.03 Å². The molecule has 0 aliphatic carbocycles. The maximum absolute atomic E-state index is 12.0. The first-order chi connectivity index (χ1) is 7.20. The zero-order chi connectivity index (χ0) is 12.5. The van der Waals surface area contributed by atoms with Crippen LogP contribution in [-0.2, 0) is 0 Å². The standard InChI is InChI=1S/C12H25N3O/c1-9(2)6-10-7-15(8-12(3,4)13)11(16)14(10)5/h9-10H,6-8,13H2,1-5H3. The fourth-order valence-corrected chi connectivity index (χ4v) is 2.24. The van der Waals surface area contributed by atoms with Gasteiger partial charge in [-0.1, -0.05) is 13.8 Å². The van der Waals surface area contributed by atoms with E-state index in [9.17, 15) is 4.79 Å². The van der Waals surface area contributed by atoms with Crippen molar-refractivity contribution in [1.82, 2.24) is 9.80 Å². The summed E-state index contributed by atoms with van der Waals surface area (Å²) in [6.07, 6.45) is 1.06. The van der Waals surface area contributed by atoms with E-state index in [0.29, 0.717) is 18.5 Å². The van der Waals surface area contributed by atoms with Crippen LogP contribution in [0.1, 0.15) is 34.1 Å². The highest BCUT2D eigenvalue weighted by atomic mass is 16.2. The molecule has 4 nitrogen and oxygen atoms in total. The van der Waals surface area contributed by atoms with Crippen molar-refractivity contribution in [2.24, 2.45) is 11.7 Å². The quantitative estimate of drug-likeness (QED) is 0.791. The summed E-state index contributed by atoms with van der Waals surface area (Å²) in [7, 11) is 1.89. The molecule has 4 heteroatoms. The number of amides is 2. The van der Waals surface area contributed by atoms with Crippen molar-refractivity contribution in [2.75, 3.05) is 20.1 Å². The van der Waals surface area contributed by atoms with Gasteiger partial charge in [0.15, 0.2) is 0 Å². The molecule has 1 unspecified atom stereocenters. The van der Waals surface area contributed by atoms with E-state index in [0.717, 1.165) is 13.0 Å². The van der Waals surface area contributed by atoms with Gasteiger partial charge >= 0.3 is 6.03 Å². The van der Waals surface area contributed by atoms with Gasteiger partial charge in [0.2, 0.25) is 0 Å². The van der Waals surface area contributed by atoms with Crippen molar-refractivity contribution in [3.8, 4) is 0 Å². The lowest BCUT2D eigenvalue weighted by atomic mass is 10.0. The van der Waals surface area contributed by atoms with E-state index in [1.165, 1.54) is 0 Å². The third-order valence-corrected chi connectivity index (χ3v) is 2.89. The van der Waals surface area contributed by atoms with Gasteiger partial charge in [-0.3, -0.25) is 0 Å². The van der Waals surface area contributed by atoms with Crippen LogP contribution in [0.4, 0.5) is 4.79 Å². The zero-order valence-corrected chi connectivity index (χ0v) is 11.2. The van der Waals surface area contributed by atoms with Crippen LogP contribution in [0.15, 0.2) is 0 Å². The Kier molecular flexibility index (Phi) is 3.84. The first-order valence-electron chi connectivity index (χ1n) is 6.01. The first kappa shape index (κ1) is 13.3. The van der Waals surface area contributed by atoms with Crippen LogP contribution in [-0.4, -0.2) is 47.5 Å². The number of nitrogens with zero attached hydrogens (tertiary/aromatic N) is 2. The van der Waals surface area contributed by atoms with Crippen molar-refractivity contribution in [3.63, 3.8) is 0 Å². The van der Waals surface area contributed by atoms with Crippen molar-refractivity contribution in [2.45, 2.75) is 45.7 Å². The lowest BCUT2D eigenvalue weighted by Gasteiger charge is -2.25. The summed E-state index contributed by atoms with van der Waals surface area (Å²) in [4.78, 5) is 15.7. The molecule has 1 aliphatic heterocycles. The molecule has 94 valence electrons. The Morgan fingerprint density at radius 3 is 2.50 bits per heavy atom. The van der Waals surface area contributed by atoms with Gasteiger partial charge in [-0.05, 0) is 26.2 Å². The average Bonchev–Trinajstić information content (AvgIpc) is 2.30. The predicted molar refractivity (Wildman–Crippen MR) is 66.2 cm³/mol. The van der Waals surface area contributed by atoms with E-state index in [1.54, 1.807) is 0 Å². The molecule has 0 bridgehead atoms. The summed E-state index contributed by atoms with van der Waals surface area (Å²) in [6.45, 7) is 9.73. The van der Waals surface area contributed by atoms with Gasteiger partial charge in [0.05, 0.1) is 6.04 Å². The topological polar surface area (TPSA) is 49.6 Å². The van der Waals surface area contributed by atoms with E-state index in [-0.39, 0.29) is 11.6 Å². The molecule has 2 amide bonds. The maximum atomic E-state index is 12.0. The smallest absolute Gasteiger partial charge is 0.320 e. The molecule has 0 saturated carbocycles. The number of hydrogen-bond acceptors (Lipinski definition) is 2. The number of nitrogens with two attached hydrogens (primary N) is 1. The van der Waals surface area contributed by atoms with Gasteiger partial charge in [0, 0.05) is 25.7 Å². The third kappa shape index (κ3) is 3.37. The summed E-state index contributed by atoms with van der Waals surface area (Å²) >= 11 is 0. The number of carbonyl (C=O) groups is 1. The molecule has 16 heavy (non-hydrogen) atoms. The van der Waals surface area contributed by atoms with Gasteiger partial charge < -0.3 is 15.5 Å². The largest absolute Gasteiger partial charge is 0.324 e. The van der Waals surface area contributed by atoms with Crippen LogP contribution in [0.2, 0.25) is 0 Å². The third-order valence-electron chi connectivity index (χ3n) is 2.89. The molecule has 1 fully saturated rings. The predicted octanol–water partition coefficient (Wildman–Crippen LogP) is 1.51. The molecule has 1 rings (SSSR count). The molecule has 1 heterocycles. The fourth-order valence-electron chi connectivity index (χ4n) is 2.24. The molecule has 0 aromatic rings. The van der Waals surface area contributed by atoms with Gasteiger partial charge in [-0.25, -0.2) is 4.79 Å². The van der Waals surface area contributed by atoms with Crippen LogP contribution in [0.5, 0.6) is 0 Å². The minimum Gasteiger partial charge on any atom is -0.324 e. The molecule has 0 aromatic carbocycles. The molecular weight excluding hydrogens is 202 g/mol. The summed E-state index contributed by atoms with van der Waals surface area (Å²) in [6, 6.07) is 0.457. The highest BCUT2D eigenvalue weighted by Crippen LogP contribution is 2.21. The SMILES string of the molecule is CC(C)CC1CN(CC(C)(C)N)C(=O)N1C. The molecule has 1 aliphatic rings. The average molecular weight is 227 g/mol. The van der Waals surface area contributed by atoms with E-state index in [2.05, 4.69) is 13.8 Å². The monoisotopic (exact) mass is 227 g/mol. The Balaban J connectivity index is 2.61. The molecule has 1 atom stereocenters. The number of likely N-dealkylation sites (N-methyl/N-ethyl adjacent to an activating group) is 1. The summed E-state index contributed by atoms with van der Waals surface area (Å²) in [5.41, 5.74) is 5.64. The number of rotatable bonds is 4. The lowest BCUT2D eigenvalue weighted by molar-refractivity contribution is 0.187. The van der Waals surface area contributed by atoms with Gasteiger partial charge in [0.1, 0.15) is 0 Å². The molecule has 0 spiro atoms. The van der Waals surface area contributed by atoms with Crippen molar-refractivity contribution in [3.05, 3.63) is 0 Å². The van der Waals surface area contributed by atoms with Crippen molar-refractivity contribution < 1.29 is 4.79 Å². The molecule has 0 radical (unpaired) electrons. The van der Waals surface area contributed by atoms with Crippen LogP contribution >= 0.6 is 0 Å².